The molecule has 0 bridgehead atoms. The van der Waals surface area contributed by atoms with Crippen molar-refractivity contribution in [1.82, 2.24) is 4.90 Å². The molecule has 0 aromatic carbocycles. The highest BCUT2D eigenvalue weighted by molar-refractivity contribution is 5.16. The van der Waals surface area contributed by atoms with Gasteiger partial charge in [-0.05, 0) is 38.3 Å². The van der Waals surface area contributed by atoms with Gasteiger partial charge in [-0.2, -0.15) is 5.26 Å². The standard InChI is InChI=1S/C11H20N2/c1-9-6-10(2,3)7-11(9,8-12)13(4)5/h9H,6-7H2,1-5H3. The van der Waals surface area contributed by atoms with Gasteiger partial charge in [-0.25, -0.2) is 0 Å². The van der Waals surface area contributed by atoms with E-state index in [0.29, 0.717) is 11.3 Å². The smallest absolute Gasteiger partial charge is 0.111 e. The van der Waals surface area contributed by atoms with E-state index in [9.17, 15) is 5.26 Å². The lowest BCUT2D eigenvalue weighted by Gasteiger charge is -2.33. The summed E-state index contributed by atoms with van der Waals surface area (Å²) in [7, 11) is 4.03. The summed E-state index contributed by atoms with van der Waals surface area (Å²) in [6.45, 7) is 6.70. The normalized spacial score (nSPS) is 37.8. The predicted molar refractivity (Wildman–Crippen MR) is 54.2 cm³/mol. The molecule has 0 radical (unpaired) electrons. The second kappa shape index (κ2) is 2.99. The van der Waals surface area contributed by atoms with Gasteiger partial charge in [-0.3, -0.25) is 4.90 Å². The third kappa shape index (κ3) is 1.58. The first-order valence-electron chi connectivity index (χ1n) is 4.93. The number of rotatable bonds is 1. The number of hydrogen-bond acceptors (Lipinski definition) is 2. The maximum absolute atomic E-state index is 9.30. The highest BCUT2D eigenvalue weighted by Gasteiger charge is 2.50. The van der Waals surface area contributed by atoms with Gasteiger partial charge in [0.15, 0.2) is 0 Å². The van der Waals surface area contributed by atoms with Crippen LogP contribution in [-0.2, 0) is 0 Å². The molecule has 13 heavy (non-hydrogen) atoms. The summed E-state index contributed by atoms with van der Waals surface area (Å²) in [5, 5.41) is 9.30. The average Bonchev–Trinajstić information content (AvgIpc) is 2.21. The van der Waals surface area contributed by atoms with Gasteiger partial charge in [0.2, 0.25) is 0 Å². The van der Waals surface area contributed by atoms with E-state index >= 15 is 0 Å². The molecule has 2 atom stereocenters. The van der Waals surface area contributed by atoms with Crippen molar-refractivity contribution in [2.24, 2.45) is 11.3 Å². The Kier molecular flexibility index (Phi) is 2.42. The van der Waals surface area contributed by atoms with Crippen LogP contribution in [0.5, 0.6) is 0 Å². The van der Waals surface area contributed by atoms with Crippen molar-refractivity contribution in [2.45, 2.75) is 39.2 Å². The van der Waals surface area contributed by atoms with Crippen LogP contribution >= 0.6 is 0 Å². The quantitative estimate of drug-likeness (QED) is 0.619. The fourth-order valence-corrected chi connectivity index (χ4v) is 2.82. The Bertz CT molecular complexity index is 237. The zero-order valence-corrected chi connectivity index (χ0v) is 9.39. The van der Waals surface area contributed by atoms with E-state index in [1.165, 1.54) is 0 Å². The van der Waals surface area contributed by atoms with Crippen LogP contribution in [0.4, 0.5) is 0 Å². The van der Waals surface area contributed by atoms with Crippen LogP contribution < -0.4 is 0 Å². The molecule has 0 N–H and O–H groups in total. The van der Waals surface area contributed by atoms with Crippen molar-refractivity contribution in [3.8, 4) is 6.07 Å². The van der Waals surface area contributed by atoms with Crippen molar-refractivity contribution < 1.29 is 0 Å². The Morgan fingerprint density at radius 2 is 1.92 bits per heavy atom. The van der Waals surface area contributed by atoms with E-state index in [4.69, 9.17) is 0 Å². The molecule has 1 aliphatic rings. The van der Waals surface area contributed by atoms with Crippen LogP contribution in [0.1, 0.15) is 33.6 Å². The Morgan fingerprint density at radius 1 is 1.38 bits per heavy atom. The Labute approximate surface area is 81.5 Å². The molecular formula is C11H20N2. The van der Waals surface area contributed by atoms with E-state index in [1.54, 1.807) is 0 Å². The molecule has 2 heteroatoms. The van der Waals surface area contributed by atoms with Gasteiger partial charge in [0.05, 0.1) is 6.07 Å². The first-order chi connectivity index (χ1) is 5.84. The van der Waals surface area contributed by atoms with Crippen LogP contribution in [0.25, 0.3) is 0 Å². The Morgan fingerprint density at radius 3 is 2.08 bits per heavy atom. The summed E-state index contributed by atoms with van der Waals surface area (Å²) in [6.07, 6.45) is 2.14. The molecule has 0 aromatic rings. The van der Waals surface area contributed by atoms with Crippen LogP contribution in [0.15, 0.2) is 0 Å². The summed E-state index contributed by atoms with van der Waals surface area (Å²) in [4.78, 5) is 2.09. The molecule has 0 aromatic heterocycles. The third-order valence-electron chi connectivity index (χ3n) is 3.41. The minimum absolute atomic E-state index is 0.233. The minimum atomic E-state index is -0.233. The molecule has 0 amide bonds. The zero-order valence-electron chi connectivity index (χ0n) is 9.39. The monoisotopic (exact) mass is 180 g/mol. The predicted octanol–water partition coefficient (Wildman–Crippen LogP) is 2.27. The van der Waals surface area contributed by atoms with E-state index in [0.717, 1.165) is 12.8 Å². The van der Waals surface area contributed by atoms with E-state index in [2.05, 4.69) is 31.7 Å². The van der Waals surface area contributed by atoms with Crippen molar-refractivity contribution in [2.75, 3.05) is 14.1 Å². The number of nitriles is 1. The van der Waals surface area contributed by atoms with Gasteiger partial charge in [0.1, 0.15) is 5.54 Å². The van der Waals surface area contributed by atoms with Gasteiger partial charge >= 0.3 is 0 Å². The molecule has 0 heterocycles. The van der Waals surface area contributed by atoms with Crippen molar-refractivity contribution in [1.29, 1.82) is 5.26 Å². The lowest BCUT2D eigenvalue weighted by atomic mass is 9.86. The van der Waals surface area contributed by atoms with Crippen molar-refractivity contribution in [3.05, 3.63) is 0 Å². The molecular weight excluding hydrogens is 160 g/mol. The molecule has 0 saturated heterocycles. The summed E-state index contributed by atoms with van der Waals surface area (Å²) < 4.78 is 0. The molecule has 1 aliphatic carbocycles. The first kappa shape index (κ1) is 10.5. The molecule has 1 fully saturated rings. The second-order valence-corrected chi connectivity index (χ2v) is 5.38. The average molecular weight is 180 g/mol. The maximum atomic E-state index is 9.30. The Balaban J connectivity index is 2.98. The van der Waals surface area contributed by atoms with Gasteiger partial charge < -0.3 is 0 Å². The largest absolute Gasteiger partial charge is 0.291 e. The highest BCUT2D eigenvalue weighted by atomic mass is 15.2. The molecule has 2 unspecified atom stereocenters. The SMILES string of the molecule is CC1CC(C)(C)CC1(C#N)N(C)C. The fraction of sp³-hybridized carbons (Fsp3) is 0.909. The summed E-state index contributed by atoms with van der Waals surface area (Å²) in [5.41, 5.74) is 0.0862. The molecule has 74 valence electrons. The first-order valence-corrected chi connectivity index (χ1v) is 4.93. The third-order valence-corrected chi connectivity index (χ3v) is 3.41. The topological polar surface area (TPSA) is 27.0 Å². The van der Waals surface area contributed by atoms with Gasteiger partial charge in [-0.15, -0.1) is 0 Å². The zero-order chi connectivity index (χ0) is 10.3. The van der Waals surface area contributed by atoms with E-state index in [1.807, 2.05) is 14.1 Å². The van der Waals surface area contributed by atoms with E-state index in [-0.39, 0.29) is 5.54 Å². The van der Waals surface area contributed by atoms with Gasteiger partial charge in [0.25, 0.3) is 0 Å². The lowest BCUT2D eigenvalue weighted by molar-refractivity contribution is 0.166. The number of nitrogens with zero attached hydrogens (tertiary/aromatic N) is 2. The van der Waals surface area contributed by atoms with Crippen LogP contribution in [0.3, 0.4) is 0 Å². The summed E-state index contributed by atoms with van der Waals surface area (Å²) in [6, 6.07) is 2.51. The van der Waals surface area contributed by atoms with Crippen LogP contribution in [0.2, 0.25) is 0 Å². The van der Waals surface area contributed by atoms with Crippen molar-refractivity contribution in [3.63, 3.8) is 0 Å². The summed E-state index contributed by atoms with van der Waals surface area (Å²) >= 11 is 0. The molecule has 0 spiro atoms. The van der Waals surface area contributed by atoms with Crippen LogP contribution in [0, 0.1) is 22.7 Å². The Hall–Kier alpha value is -0.550. The van der Waals surface area contributed by atoms with E-state index < -0.39 is 0 Å². The minimum Gasteiger partial charge on any atom is -0.291 e. The van der Waals surface area contributed by atoms with Crippen LogP contribution in [-0.4, -0.2) is 24.5 Å². The highest BCUT2D eigenvalue weighted by Crippen LogP contribution is 2.49. The van der Waals surface area contributed by atoms with Crippen molar-refractivity contribution >= 4 is 0 Å². The fourth-order valence-electron chi connectivity index (χ4n) is 2.82. The van der Waals surface area contributed by atoms with Gasteiger partial charge in [-0.1, -0.05) is 20.8 Å². The summed E-state index contributed by atoms with van der Waals surface area (Å²) in [5.74, 6) is 0.475. The maximum Gasteiger partial charge on any atom is 0.111 e. The second-order valence-electron chi connectivity index (χ2n) is 5.38. The number of hydrogen-bond donors (Lipinski definition) is 0. The molecule has 1 saturated carbocycles. The molecule has 1 rings (SSSR count). The molecule has 0 aliphatic heterocycles. The van der Waals surface area contributed by atoms with Gasteiger partial charge in [0, 0.05) is 0 Å². The molecule has 2 nitrogen and oxygen atoms in total. The lowest BCUT2D eigenvalue weighted by Crippen LogP contribution is -2.45.